The second-order valence-electron chi connectivity index (χ2n) is 11.6. The highest BCUT2D eigenvalue weighted by molar-refractivity contribution is 5.99. The van der Waals surface area contributed by atoms with Crippen molar-refractivity contribution in [3.63, 3.8) is 0 Å². The van der Waals surface area contributed by atoms with Crippen molar-refractivity contribution in [3.05, 3.63) is 82.9 Å². The van der Waals surface area contributed by atoms with Gasteiger partial charge in [0.1, 0.15) is 0 Å². The van der Waals surface area contributed by atoms with Gasteiger partial charge in [-0.1, -0.05) is 30.3 Å². The summed E-state index contributed by atoms with van der Waals surface area (Å²) in [7, 11) is 4.25. The Morgan fingerprint density at radius 3 is 2.12 bits per heavy atom. The van der Waals surface area contributed by atoms with Crippen molar-refractivity contribution in [1.29, 1.82) is 5.26 Å². The first-order valence-corrected chi connectivity index (χ1v) is 14.8. The Morgan fingerprint density at radius 1 is 0.738 bits per heavy atom. The van der Waals surface area contributed by atoms with Crippen molar-refractivity contribution in [2.45, 2.75) is 19.4 Å². The number of primary amides is 1. The van der Waals surface area contributed by atoms with E-state index in [4.69, 9.17) is 5.73 Å². The average molecular weight is 565 g/mol. The first kappa shape index (κ1) is 29.5. The molecule has 5 rings (SSSR count). The molecule has 2 heterocycles. The third-order valence-electron chi connectivity index (χ3n) is 8.47. The summed E-state index contributed by atoms with van der Waals surface area (Å²) >= 11 is 0. The zero-order valence-corrected chi connectivity index (χ0v) is 24.7. The summed E-state index contributed by atoms with van der Waals surface area (Å²) in [5.41, 5.74) is 11.6. The predicted octanol–water partition coefficient (Wildman–Crippen LogP) is 3.91. The first-order chi connectivity index (χ1) is 20.3. The second kappa shape index (κ2) is 13.3. The van der Waals surface area contributed by atoms with E-state index in [0.29, 0.717) is 23.2 Å². The largest absolute Gasteiger partial charge is 0.366 e. The number of carbonyl (C=O) groups is 2. The molecule has 8 heteroatoms. The van der Waals surface area contributed by atoms with E-state index >= 15 is 0 Å². The van der Waals surface area contributed by atoms with Crippen molar-refractivity contribution in [1.82, 2.24) is 19.6 Å². The van der Waals surface area contributed by atoms with Crippen LogP contribution in [-0.4, -0.2) is 97.9 Å². The van der Waals surface area contributed by atoms with E-state index in [1.54, 1.807) is 12.1 Å². The maximum atomic E-state index is 13.6. The minimum atomic E-state index is -0.491. The molecular weight excluding hydrogens is 524 g/mol. The van der Waals surface area contributed by atoms with E-state index < -0.39 is 5.91 Å². The summed E-state index contributed by atoms with van der Waals surface area (Å²) < 4.78 is 0. The highest BCUT2D eigenvalue weighted by atomic mass is 16.2. The number of rotatable bonds is 6. The van der Waals surface area contributed by atoms with Crippen LogP contribution in [0.25, 0.3) is 22.3 Å². The molecule has 218 valence electrons. The lowest BCUT2D eigenvalue weighted by Gasteiger charge is -2.22. The quantitative estimate of drug-likeness (QED) is 0.488. The van der Waals surface area contributed by atoms with E-state index in [1.165, 1.54) is 0 Å². The van der Waals surface area contributed by atoms with Gasteiger partial charge in [-0.3, -0.25) is 14.5 Å². The van der Waals surface area contributed by atoms with Crippen molar-refractivity contribution in [2.24, 2.45) is 5.73 Å². The van der Waals surface area contributed by atoms with Crippen LogP contribution in [0.1, 0.15) is 44.7 Å². The fourth-order valence-corrected chi connectivity index (χ4v) is 5.93. The van der Waals surface area contributed by atoms with Crippen LogP contribution in [0.5, 0.6) is 0 Å². The highest BCUT2D eigenvalue weighted by Crippen LogP contribution is 2.36. The van der Waals surface area contributed by atoms with Crippen LogP contribution in [0.3, 0.4) is 0 Å². The number of amides is 2. The monoisotopic (exact) mass is 564 g/mol. The summed E-state index contributed by atoms with van der Waals surface area (Å²) in [6.45, 7) is 8.24. The molecule has 0 radical (unpaired) electrons. The zero-order valence-electron chi connectivity index (χ0n) is 24.7. The van der Waals surface area contributed by atoms with Crippen molar-refractivity contribution < 1.29 is 9.59 Å². The molecule has 0 saturated carbocycles. The van der Waals surface area contributed by atoms with E-state index in [0.717, 1.165) is 93.0 Å². The lowest BCUT2D eigenvalue weighted by molar-refractivity contribution is 0.0762. The van der Waals surface area contributed by atoms with Crippen LogP contribution in [-0.2, 0) is 6.54 Å². The van der Waals surface area contributed by atoms with Crippen LogP contribution in [0.4, 0.5) is 0 Å². The van der Waals surface area contributed by atoms with Gasteiger partial charge in [0.15, 0.2) is 0 Å². The second-order valence-corrected chi connectivity index (χ2v) is 11.6. The normalized spacial score (nSPS) is 17.3. The maximum absolute atomic E-state index is 13.6. The molecule has 42 heavy (non-hydrogen) atoms. The lowest BCUT2D eigenvalue weighted by Crippen LogP contribution is -2.34. The van der Waals surface area contributed by atoms with Crippen LogP contribution in [0.2, 0.25) is 0 Å². The van der Waals surface area contributed by atoms with E-state index in [-0.39, 0.29) is 5.91 Å². The molecule has 8 nitrogen and oxygen atoms in total. The summed E-state index contributed by atoms with van der Waals surface area (Å²) in [6.07, 6.45) is 2.07. The molecule has 2 amide bonds. The van der Waals surface area contributed by atoms with Gasteiger partial charge in [0.25, 0.3) is 5.91 Å². The standard InChI is InChI=1S/C34H40N6O2/c1-37-13-3-15-39(19-17-37)24-25-5-11-30(29(21-25)23-35)31-12-10-28(34(42)40-16-4-14-38(2)18-20-40)22-32(31)26-6-8-27(9-7-26)33(36)41/h5-12,21-22H,3-4,13-20,24H2,1-2H3,(H2,36,41). The SMILES string of the molecule is CN1CCCN(Cc2ccc(-c3ccc(C(=O)N4CCCN(C)CC4)cc3-c3ccc(C(N)=O)cc3)c(C#N)c2)CC1. The van der Waals surface area contributed by atoms with Gasteiger partial charge in [-0.2, -0.15) is 5.26 Å². The number of nitriles is 1. The topological polar surface area (TPSA) is 96.9 Å². The van der Waals surface area contributed by atoms with E-state index in [9.17, 15) is 14.9 Å². The van der Waals surface area contributed by atoms with E-state index in [1.807, 2.05) is 47.4 Å². The molecule has 0 unspecified atom stereocenters. The molecule has 0 aromatic heterocycles. The van der Waals surface area contributed by atoms with Crippen LogP contribution < -0.4 is 5.73 Å². The lowest BCUT2D eigenvalue weighted by atomic mass is 9.89. The third kappa shape index (κ3) is 6.88. The number of nitrogens with two attached hydrogens (primary N) is 1. The molecular formula is C34H40N6O2. The predicted molar refractivity (Wildman–Crippen MR) is 166 cm³/mol. The molecule has 2 N–H and O–H groups in total. The zero-order chi connectivity index (χ0) is 29.6. The number of carbonyl (C=O) groups excluding carboxylic acids is 2. The Labute approximate surface area is 248 Å². The average Bonchev–Trinajstić information content (AvgIpc) is 3.35. The van der Waals surface area contributed by atoms with Gasteiger partial charge in [-0.15, -0.1) is 0 Å². The van der Waals surface area contributed by atoms with Crippen LogP contribution in [0, 0.1) is 11.3 Å². The molecule has 2 aliphatic heterocycles. The minimum Gasteiger partial charge on any atom is -0.366 e. The molecule has 2 fully saturated rings. The Kier molecular flexibility index (Phi) is 9.33. The summed E-state index contributed by atoms with van der Waals surface area (Å²) in [6, 6.07) is 21.4. The Bertz CT molecular complexity index is 1480. The molecule has 0 aliphatic carbocycles. The minimum absolute atomic E-state index is 0.00538. The third-order valence-corrected chi connectivity index (χ3v) is 8.47. The van der Waals surface area contributed by atoms with Gasteiger partial charge >= 0.3 is 0 Å². The van der Waals surface area contributed by atoms with Gasteiger partial charge in [-0.05, 0) is 99.2 Å². The van der Waals surface area contributed by atoms with Gasteiger partial charge in [0.05, 0.1) is 11.6 Å². The number of likely N-dealkylation sites (N-methyl/N-ethyl adjacent to an activating group) is 2. The Hall–Kier alpha value is -4.03. The van der Waals surface area contributed by atoms with Gasteiger partial charge in [-0.25, -0.2) is 0 Å². The first-order valence-electron chi connectivity index (χ1n) is 14.8. The van der Waals surface area contributed by atoms with E-state index in [2.05, 4.69) is 40.9 Å². The molecule has 2 saturated heterocycles. The molecule has 0 spiro atoms. The van der Waals surface area contributed by atoms with Crippen LogP contribution in [0.15, 0.2) is 60.7 Å². The number of benzene rings is 3. The van der Waals surface area contributed by atoms with Crippen LogP contribution >= 0.6 is 0 Å². The number of hydrogen-bond acceptors (Lipinski definition) is 6. The molecule has 2 aliphatic rings. The number of nitrogens with zero attached hydrogens (tertiary/aromatic N) is 5. The van der Waals surface area contributed by atoms with Gasteiger partial charge in [0.2, 0.25) is 5.91 Å². The molecule has 0 atom stereocenters. The summed E-state index contributed by atoms with van der Waals surface area (Å²) in [5.74, 6) is -0.485. The van der Waals surface area contributed by atoms with Crippen molar-refractivity contribution in [3.8, 4) is 28.3 Å². The Morgan fingerprint density at radius 2 is 1.40 bits per heavy atom. The molecule has 0 bridgehead atoms. The fourth-order valence-electron chi connectivity index (χ4n) is 5.93. The molecule has 3 aromatic rings. The summed E-state index contributed by atoms with van der Waals surface area (Å²) in [4.78, 5) is 34.3. The highest BCUT2D eigenvalue weighted by Gasteiger charge is 2.22. The van der Waals surface area contributed by atoms with Gasteiger partial charge < -0.3 is 20.4 Å². The van der Waals surface area contributed by atoms with Gasteiger partial charge in [0, 0.05) is 56.0 Å². The Balaban J connectivity index is 1.51. The van der Waals surface area contributed by atoms with Crippen molar-refractivity contribution >= 4 is 11.8 Å². The van der Waals surface area contributed by atoms with Crippen molar-refractivity contribution in [2.75, 3.05) is 66.5 Å². The summed E-state index contributed by atoms with van der Waals surface area (Å²) in [5, 5.41) is 10.2. The maximum Gasteiger partial charge on any atom is 0.253 e. The molecule has 3 aromatic carbocycles. The number of hydrogen-bond donors (Lipinski definition) is 1. The smallest absolute Gasteiger partial charge is 0.253 e. The fraction of sp³-hybridized carbons (Fsp3) is 0.382.